The third-order valence-corrected chi connectivity index (χ3v) is 4.46. The van der Waals surface area contributed by atoms with E-state index >= 15 is 0 Å². The fourth-order valence-corrected chi connectivity index (χ4v) is 3.28. The maximum Gasteiger partial charge on any atom is 0.123 e. The third kappa shape index (κ3) is 2.71. The number of hydrogen-bond donors (Lipinski definition) is 1. The highest BCUT2D eigenvalue weighted by Gasteiger charge is 2.12. The van der Waals surface area contributed by atoms with Crippen molar-refractivity contribution in [1.82, 2.24) is 0 Å². The van der Waals surface area contributed by atoms with Crippen LogP contribution in [-0.4, -0.2) is 0 Å². The highest BCUT2D eigenvalue weighted by atomic mass is 32.1. The highest BCUT2D eigenvalue weighted by Crippen LogP contribution is 2.30. The fraction of sp³-hybridized carbons (Fsp3) is 0.125. The Morgan fingerprint density at radius 2 is 1.80 bits per heavy atom. The predicted molar refractivity (Wildman–Crippen MR) is 78.8 cm³/mol. The molecule has 1 nitrogen and oxygen atoms in total. The van der Waals surface area contributed by atoms with Crippen molar-refractivity contribution < 1.29 is 8.78 Å². The van der Waals surface area contributed by atoms with Crippen molar-refractivity contribution in [2.45, 2.75) is 12.5 Å². The first kappa shape index (κ1) is 13.2. The van der Waals surface area contributed by atoms with E-state index in [1.165, 1.54) is 24.3 Å². The molecule has 0 saturated carbocycles. The van der Waals surface area contributed by atoms with E-state index in [-0.39, 0.29) is 17.7 Å². The topological polar surface area (TPSA) is 26.0 Å². The monoisotopic (exact) mass is 289 g/mol. The van der Waals surface area contributed by atoms with E-state index in [1.807, 2.05) is 12.1 Å². The Kier molecular flexibility index (Phi) is 3.51. The van der Waals surface area contributed by atoms with Crippen molar-refractivity contribution in [2.24, 2.45) is 5.73 Å². The normalized spacial score (nSPS) is 12.8. The lowest BCUT2D eigenvalue weighted by atomic mass is 10.0. The van der Waals surface area contributed by atoms with Gasteiger partial charge in [-0.1, -0.05) is 12.1 Å². The quantitative estimate of drug-likeness (QED) is 0.758. The molecule has 20 heavy (non-hydrogen) atoms. The molecule has 0 spiro atoms. The summed E-state index contributed by atoms with van der Waals surface area (Å²) in [5.41, 5.74) is 7.04. The first-order chi connectivity index (χ1) is 9.61. The van der Waals surface area contributed by atoms with Crippen LogP contribution in [0.25, 0.3) is 10.1 Å². The van der Waals surface area contributed by atoms with Crippen molar-refractivity contribution in [2.75, 3.05) is 0 Å². The van der Waals surface area contributed by atoms with Crippen molar-refractivity contribution in [3.8, 4) is 0 Å². The van der Waals surface area contributed by atoms with Crippen LogP contribution in [0.15, 0.2) is 48.5 Å². The predicted octanol–water partition coefficient (Wildman–Crippen LogP) is 4.42. The highest BCUT2D eigenvalue weighted by molar-refractivity contribution is 7.19. The van der Waals surface area contributed by atoms with Crippen LogP contribution in [0.1, 0.15) is 16.5 Å². The zero-order valence-electron chi connectivity index (χ0n) is 10.6. The minimum absolute atomic E-state index is 0.211. The lowest BCUT2D eigenvalue weighted by Gasteiger charge is -2.09. The maximum atomic E-state index is 13.2. The Hall–Kier alpha value is -1.78. The van der Waals surface area contributed by atoms with E-state index in [1.54, 1.807) is 23.5 Å². The summed E-state index contributed by atoms with van der Waals surface area (Å²) in [6.07, 6.45) is 0.563. The summed E-state index contributed by atoms with van der Waals surface area (Å²) in [4.78, 5) is 0.981. The van der Waals surface area contributed by atoms with Gasteiger partial charge in [-0.3, -0.25) is 0 Å². The second kappa shape index (κ2) is 5.31. The minimum atomic E-state index is -0.256. The van der Waals surface area contributed by atoms with Gasteiger partial charge in [0.25, 0.3) is 0 Å². The molecule has 0 aliphatic carbocycles. The summed E-state index contributed by atoms with van der Waals surface area (Å²) in [6.45, 7) is 0. The third-order valence-electron chi connectivity index (χ3n) is 3.21. The number of hydrogen-bond acceptors (Lipinski definition) is 2. The van der Waals surface area contributed by atoms with Gasteiger partial charge in [0.1, 0.15) is 11.6 Å². The first-order valence-electron chi connectivity index (χ1n) is 6.31. The summed E-state index contributed by atoms with van der Waals surface area (Å²) in [7, 11) is 0. The summed E-state index contributed by atoms with van der Waals surface area (Å²) in [5, 5.41) is 0.861. The smallest absolute Gasteiger partial charge is 0.123 e. The molecule has 1 atom stereocenters. The Bertz CT molecular complexity index is 751. The van der Waals surface area contributed by atoms with Gasteiger partial charge in [0.2, 0.25) is 0 Å². The number of halogens is 2. The van der Waals surface area contributed by atoms with Gasteiger partial charge in [-0.15, -0.1) is 11.3 Å². The molecule has 102 valence electrons. The molecule has 0 saturated heterocycles. The van der Waals surface area contributed by atoms with Crippen LogP contribution in [0.3, 0.4) is 0 Å². The second-order valence-corrected chi connectivity index (χ2v) is 5.89. The summed E-state index contributed by atoms with van der Waals surface area (Å²) >= 11 is 1.55. The zero-order valence-corrected chi connectivity index (χ0v) is 11.5. The number of rotatable bonds is 3. The number of nitrogens with two attached hydrogens (primary N) is 1. The van der Waals surface area contributed by atoms with Gasteiger partial charge in [-0.25, -0.2) is 8.78 Å². The number of thiophene rings is 1. The molecule has 0 aliphatic heterocycles. The molecular formula is C16H13F2NS. The van der Waals surface area contributed by atoms with Gasteiger partial charge in [-0.2, -0.15) is 0 Å². The molecule has 0 bridgehead atoms. The van der Waals surface area contributed by atoms with Gasteiger partial charge in [0.05, 0.1) is 0 Å². The van der Waals surface area contributed by atoms with Gasteiger partial charge in [0.15, 0.2) is 0 Å². The molecule has 0 amide bonds. The van der Waals surface area contributed by atoms with Crippen LogP contribution in [0, 0.1) is 11.6 Å². The molecule has 0 radical (unpaired) electrons. The molecule has 2 aromatic carbocycles. The van der Waals surface area contributed by atoms with Crippen molar-refractivity contribution in [3.63, 3.8) is 0 Å². The molecule has 3 rings (SSSR count). The second-order valence-electron chi connectivity index (χ2n) is 4.77. The Morgan fingerprint density at radius 3 is 2.60 bits per heavy atom. The van der Waals surface area contributed by atoms with Crippen LogP contribution in [0.5, 0.6) is 0 Å². The van der Waals surface area contributed by atoms with Crippen LogP contribution in [0.2, 0.25) is 0 Å². The van der Waals surface area contributed by atoms with E-state index < -0.39 is 0 Å². The molecule has 2 N–H and O–H groups in total. The van der Waals surface area contributed by atoms with E-state index in [9.17, 15) is 8.78 Å². The average Bonchev–Trinajstić information content (AvgIpc) is 2.81. The Balaban J connectivity index is 1.86. The van der Waals surface area contributed by atoms with E-state index in [2.05, 4.69) is 0 Å². The maximum absolute atomic E-state index is 13.2. The molecule has 3 aromatic rings. The Morgan fingerprint density at radius 1 is 1.00 bits per heavy atom. The largest absolute Gasteiger partial charge is 0.323 e. The van der Waals surface area contributed by atoms with Gasteiger partial charge < -0.3 is 5.73 Å². The van der Waals surface area contributed by atoms with E-state index in [0.29, 0.717) is 6.42 Å². The fourth-order valence-electron chi connectivity index (χ4n) is 2.24. The molecule has 4 heteroatoms. The van der Waals surface area contributed by atoms with Gasteiger partial charge in [0, 0.05) is 15.6 Å². The number of benzene rings is 2. The summed E-state index contributed by atoms with van der Waals surface area (Å²) in [6, 6.07) is 12.8. The van der Waals surface area contributed by atoms with Gasteiger partial charge in [-0.05, 0) is 53.8 Å². The minimum Gasteiger partial charge on any atom is -0.323 e. The zero-order chi connectivity index (χ0) is 14.1. The summed E-state index contributed by atoms with van der Waals surface area (Å²) in [5.74, 6) is -0.506. The Labute approximate surface area is 119 Å². The van der Waals surface area contributed by atoms with E-state index in [4.69, 9.17) is 5.73 Å². The molecule has 1 unspecified atom stereocenters. The molecule has 0 fully saturated rings. The lowest BCUT2D eigenvalue weighted by Crippen LogP contribution is -2.11. The van der Waals surface area contributed by atoms with Gasteiger partial charge >= 0.3 is 0 Å². The lowest BCUT2D eigenvalue weighted by molar-refractivity contribution is 0.622. The summed E-state index contributed by atoms with van der Waals surface area (Å²) < 4.78 is 27.3. The number of fused-ring (bicyclic) bond motifs is 1. The molecular weight excluding hydrogens is 276 g/mol. The SMILES string of the molecule is NC(Cc1cccc(F)c1)c1cc2cc(F)ccc2s1. The van der Waals surface area contributed by atoms with Crippen LogP contribution >= 0.6 is 11.3 Å². The van der Waals surface area contributed by atoms with Crippen LogP contribution < -0.4 is 5.73 Å². The average molecular weight is 289 g/mol. The van der Waals surface area contributed by atoms with Crippen LogP contribution in [-0.2, 0) is 6.42 Å². The molecule has 0 aliphatic rings. The van der Waals surface area contributed by atoms with Crippen molar-refractivity contribution in [3.05, 3.63) is 70.6 Å². The molecule has 1 aromatic heterocycles. The van der Waals surface area contributed by atoms with Crippen molar-refractivity contribution >= 4 is 21.4 Å². The molecule has 1 heterocycles. The standard InChI is InChI=1S/C16H13F2NS/c17-12-3-1-2-10(6-12)7-14(19)16-9-11-8-13(18)4-5-15(11)20-16/h1-6,8-9,14H,7,19H2. The first-order valence-corrected chi connectivity index (χ1v) is 7.12. The van der Waals surface area contributed by atoms with Crippen LogP contribution in [0.4, 0.5) is 8.78 Å². The van der Waals surface area contributed by atoms with Crippen molar-refractivity contribution in [1.29, 1.82) is 0 Å². The van der Waals surface area contributed by atoms with E-state index in [0.717, 1.165) is 20.5 Å².